The summed E-state index contributed by atoms with van der Waals surface area (Å²) in [6.45, 7) is 7.40. The molecule has 3 rings (SSSR count). The summed E-state index contributed by atoms with van der Waals surface area (Å²) in [7, 11) is -3.76. The van der Waals surface area contributed by atoms with Crippen molar-refractivity contribution in [1.29, 1.82) is 0 Å². The van der Waals surface area contributed by atoms with Gasteiger partial charge in [-0.3, -0.25) is 10.1 Å². The van der Waals surface area contributed by atoms with Crippen LogP contribution in [0.15, 0.2) is 83.2 Å². The third-order valence-corrected chi connectivity index (χ3v) is 6.22. The van der Waals surface area contributed by atoms with Crippen molar-refractivity contribution in [3.8, 4) is 0 Å². The lowest BCUT2D eigenvalue weighted by Gasteiger charge is -2.19. The number of carbonyl (C=O) groups is 1. The zero-order valence-electron chi connectivity index (χ0n) is 17.1. The topological polar surface area (TPSA) is 105 Å². The fourth-order valence-electron chi connectivity index (χ4n) is 2.81. The highest BCUT2D eigenvalue weighted by molar-refractivity contribution is 7.89. The van der Waals surface area contributed by atoms with Gasteiger partial charge in [-0.1, -0.05) is 29.4 Å². The minimum atomic E-state index is -3.76. The molecule has 0 unspecified atom stereocenters. The predicted molar refractivity (Wildman–Crippen MR) is 117 cm³/mol. The van der Waals surface area contributed by atoms with Crippen molar-refractivity contribution in [3.63, 3.8) is 0 Å². The number of nitrogens with zero attached hydrogens (tertiary/aromatic N) is 3. The van der Waals surface area contributed by atoms with Gasteiger partial charge in [0, 0.05) is 18.7 Å². The molecule has 0 radical (unpaired) electrons. The van der Waals surface area contributed by atoms with Gasteiger partial charge in [0.2, 0.25) is 15.9 Å². The first-order chi connectivity index (χ1) is 15.3. The lowest BCUT2D eigenvalue weighted by atomic mass is 10.1. The van der Waals surface area contributed by atoms with E-state index in [1.165, 1.54) is 52.9 Å². The van der Waals surface area contributed by atoms with Crippen LogP contribution < -0.4 is 5.32 Å². The van der Waals surface area contributed by atoms with Gasteiger partial charge in [0.05, 0.1) is 11.3 Å². The molecule has 1 heterocycles. The highest BCUT2D eigenvalue weighted by atomic mass is 32.2. The molecule has 0 saturated heterocycles. The second kappa shape index (κ2) is 10.1. The van der Waals surface area contributed by atoms with E-state index in [1.807, 2.05) is 0 Å². The second-order valence-corrected chi connectivity index (χ2v) is 8.62. The number of amides is 1. The Bertz CT molecular complexity index is 1200. The molecule has 0 saturated carbocycles. The number of hydrogen-bond donors (Lipinski definition) is 1. The summed E-state index contributed by atoms with van der Waals surface area (Å²) in [5, 5.41) is 10.1. The molecule has 0 fully saturated rings. The largest absolute Gasteiger partial charge is 0.407 e. The fraction of sp³-hybridized carbons (Fsp3) is 0.136. The monoisotopic (exact) mass is 456 g/mol. The van der Waals surface area contributed by atoms with Gasteiger partial charge in [-0.2, -0.15) is 4.31 Å². The zero-order chi connectivity index (χ0) is 23.1. The number of rotatable bonds is 10. The molecule has 3 aromatic rings. The summed E-state index contributed by atoms with van der Waals surface area (Å²) in [4.78, 5) is 12.5. The summed E-state index contributed by atoms with van der Waals surface area (Å²) < 4.78 is 45.1. The van der Waals surface area contributed by atoms with Gasteiger partial charge >= 0.3 is 6.01 Å². The molecule has 1 aromatic heterocycles. The molecule has 32 heavy (non-hydrogen) atoms. The maximum atomic E-state index is 13.0. The van der Waals surface area contributed by atoms with Gasteiger partial charge in [-0.15, -0.1) is 18.3 Å². The Morgan fingerprint density at radius 3 is 2.25 bits per heavy atom. The van der Waals surface area contributed by atoms with Crippen LogP contribution >= 0.6 is 0 Å². The summed E-state index contributed by atoms with van der Waals surface area (Å²) in [6.07, 6.45) is 3.25. The third kappa shape index (κ3) is 5.54. The van der Waals surface area contributed by atoms with E-state index in [1.54, 1.807) is 12.1 Å². The van der Waals surface area contributed by atoms with Crippen molar-refractivity contribution in [1.82, 2.24) is 14.5 Å². The first-order valence-corrected chi connectivity index (χ1v) is 11.0. The standard InChI is InChI=1S/C22H21FN4O4S/c1-3-13-27(14-4-2)32(29,30)19-11-7-17(8-12-19)21(28)24-22-26-25-20(31-22)15-16-5-9-18(23)10-6-16/h3-12H,1-2,13-15H2,(H,24,26,28). The molecule has 10 heteroatoms. The Kier molecular flexibility index (Phi) is 7.29. The van der Waals surface area contributed by atoms with Crippen LogP contribution in [0, 0.1) is 5.82 Å². The molecule has 0 aliphatic heterocycles. The molecule has 166 valence electrons. The number of aromatic nitrogens is 2. The minimum absolute atomic E-state index is 0.0390. The first kappa shape index (κ1) is 23.0. The highest BCUT2D eigenvalue weighted by Gasteiger charge is 2.23. The van der Waals surface area contributed by atoms with Crippen molar-refractivity contribution in [3.05, 3.63) is 96.7 Å². The molecular weight excluding hydrogens is 435 g/mol. The maximum absolute atomic E-state index is 13.0. The van der Waals surface area contributed by atoms with Crippen molar-refractivity contribution in [2.45, 2.75) is 11.3 Å². The van der Waals surface area contributed by atoms with Crippen LogP contribution in [0.2, 0.25) is 0 Å². The third-order valence-electron chi connectivity index (χ3n) is 4.38. The number of sulfonamides is 1. The number of anilines is 1. The van der Waals surface area contributed by atoms with Gasteiger partial charge in [0.15, 0.2) is 0 Å². The van der Waals surface area contributed by atoms with Crippen molar-refractivity contribution >= 4 is 21.9 Å². The van der Waals surface area contributed by atoms with E-state index in [0.717, 1.165) is 5.56 Å². The molecular formula is C22H21FN4O4S. The van der Waals surface area contributed by atoms with E-state index in [4.69, 9.17) is 4.42 Å². The van der Waals surface area contributed by atoms with E-state index < -0.39 is 15.9 Å². The molecule has 0 bridgehead atoms. The van der Waals surface area contributed by atoms with Gasteiger partial charge in [0.1, 0.15) is 5.82 Å². The van der Waals surface area contributed by atoms with Crippen LogP contribution in [0.25, 0.3) is 0 Å². The number of carbonyl (C=O) groups excluding carboxylic acids is 1. The van der Waals surface area contributed by atoms with E-state index >= 15 is 0 Å². The lowest BCUT2D eigenvalue weighted by molar-refractivity contribution is 0.102. The summed E-state index contributed by atoms with van der Waals surface area (Å²) >= 11 is 0. The molecule has 0 spiro atoms. The summed E-state index contributed by atoms with van der Waals surface area (Å²) in [5.74, 6) is -0.641. The number of hydrogen-bond acceptors (Lipinski definition) is 6. The second-order valence-electron chi connectivity index (χ2n) is 6.68. The Labute approximate surface area is 185 Å². The Balaban J connectivity index is 1.67. The van der Waals surface area contributed by atoms with E-state index in [2.05, 4.69) is 28.7 Å². The quantitative estimate of drug-likeness (QED) is 0.469. The van der Waals surface area contributed by atoms with Crippen molar-refractivity contribution in [2.24, 2.45) is 0 Å². The average molecular weight is 456 g/mol. The Morgan fingerprint density at radius 2 is 1.66 bits per heavy atom. The fourth-order valence-corrected chi connectivity index (χ4v) is 4.19. The zero-order valence-corrected chi connectivity index (χ0v) is 17.9. The molecule has 2 aromatic carbocycles. The number of benzene rings is 2. The molecule has 0 aliphatic carbocycles. The molecule has 8 nitrogen and oxygen atoms in total. The van der Waals surface area contributed by atoms with Gasteiger partial charge in [-0.05, 0) is 42.0 Å². The van der Waals surface area contributed by atoms with Crippen LogP contribution in [0.3, 0.4) is 0 Å². The SMILES string of the molecule is C=CCN(CC=C)S(=O)(=O)c1ccc(C(=O)Nc2nnc(Cc3ccc(F)cc3)o2)cc1. The van der Waals surface area contributed by atoms with Crippen LogP contribution in [0.5, 0.6) is 0 Å². The molecule has 1 N–H and O–H groups in total. The predicted octanol–water partition coefficient (Wildman–Crippen LogP) is 3.41. The average Bonchev–Trinajstić information content (AvgIpc) is 3.22. The normalized spacial score (nSPS) is 11.3. The molecule has 0 atom stereocenters. The maximum Gasteiger partial charge on any atom is 0.322 e. The van der Waals surface area contributed by atoms with Gasteiger partial charge in [-0.25, -0.2) is 12.8 Å². The Hall–Kier alpha value is -3.63. The summed E-state index contributed by atoms with van der Waals surface area (Å²) in [6, 6.07) is 11.2. The van der Waals surface area contributed by atoms with E-state index in [9.17, 15) is 17.6 Å². The van der Waals surface area contributed by atoms with E-state index in [-0.39, 0.29) is 47.7 Å². The lowest BCUT2D eigenvalue weighted by Crippen LogP contribution is -2.31. The minimum Gasteiger partial charge on any atom is -0.407 e. The van der Waals surface area contributed by atoms with Gasteiger partial charge < -0.3 is 4.42 Å². The number of halogens is 1. The van der Waals surface area contributed by atoms with Crippen LogP contribution in [0.1, 0.15) is 21.8 Å². The van der Waals surface area contributed by atoms with Crippen LogP contribution in [-0.2, 0) is 16.4 Å². The van der Waals surface area contributed by atoms with Gasteiger partial charge in [0.25, 0.3) is 5.91 Å². The first-order valence-electron chi connectivity index (χ1n) is 9.53. The highest BCUT2D eigenvalue weighted by Crippen LogP contribution is 2.18. The molecule has 0 aliphatic rings. The van der Waals surface area contributed by atoms with Crippen molar-refractivity contribution in [2.75, 3.05) is 18.4 Å². The van der Waals surface area contributed by atoms with Crippen LogP contribution in [-0.4, -0.2) is 41.9 Å². The smallest absolute Gasteiger partial charge is 0.322 e. The summed E-state index contributed by atoms with van der Waals surface area (Å²) in [5.41, 5.74) is 0.980. The van der Waals surface area contributed by atoms with Crippen molar-refractivity contribution < 1.29 is 22.0 Å². The molecule has 1 amide bonds. The number of nitrogens with one attached hydrogen (secondary N) is 1. The Morgan fingerprint density at radius 1 is 1.03 bits per heavy atom. The van der Waals surface area contributed by atoms with E-state index in [0.29, 0.717) is 0 Å². The van der Waals surface area contributed by atoms with Crippen LogP contribution in [0.4, 0.5) is 10.4 Å².